The third-order valence-electron chi connectivity index (χ3n) is 4.24. The van der Waals surface area contributed by atoms with Gasteiger partial charge < -0.3 is 29.4 Å². The van der Waals surface area contributed by atoms with E-state index in [1.165, 1.54) is 52.7 Å². The van der Waals surface area contributed by atoms with Crippen LogP contribution in [0.25, 0.3) is 0 Å². The summed E-state index contributed by atoms with van der Waals surface area (Å²) in [5.41, 5.74) is 2.50. The molecule has 170 valence electrons. The molecule has 3 N–H and O–H groups in total. The summed E-state index contributed by atoms with van der Waals surface area (Å²) in [6, 6.07) is 7.55. The Kier molecular flexibility index (Phi) is 8.40. The molecule has 11 heteroatoms. The maximum Gasteiger partial charge on any atom is 0.340 e. The number of amides is 2. The molecule has 2 amide bonds. The number of benzene rings is 2. The Bertz CT molecular complexity index is 1040. The number of carbonyl (C=O) groups is 3. The largest absolute Gasteiger partial charge is 0.493 e. The second-order valence-corrected chi connectivity index (χ2v) is 6.12. The van der Waals surface area contributed by atoms with Gasteiger partial charge in [-0.3, -0.25) is 9.59 Å². The Morgan fingerprint density at radius 2 is 1.59 bits per heavy atom. The van der Waals surface area contributed by atoms with Crippen molar-refractivity contribution in [2.24, 2.45) is 5.10 Å². The quantitative estimate of drug-likeness (QED) is 0.367. The first-order valence-corrected chi connectivity index (χ1v) is 9.16. The average molecular weight is 445 g/mol. The summed E-state index contributed by atoms with van der Waals surface area (Å²) in [5, 5.41) is 15.7. The lowest BCUT2D eigenvalue weighted by Crippen LogP contribution is -2.34. The van der Waals surface area contributed by atoms with Crippen LogP contribution in [0.2, 0.25) is 0 Å². The molecule has 11 nitrogen and oxygen atoms in total. The number of nitrogens with one attached hydrogen (secondary N) is 2. The van der Waals surface area contributed by atoms with Crippen molar-refractivity contribution < 1.29 is 38.4 Å². The Balaban J connectivity index is 2.02. The lowest BCUT2D eigenvalue weighted by molar-refractivity contribution is -0.120. The molecule has 0 radical (unpaired) electrons. The van der Waals surface area contributed by atoms with Gasteiger partial charge in [-0.2, -0.15) is 5.10 Å². The van der Waals surface area contributed by atoms with Crippen molar-refractivity contribution in [2.75, 3.05) is 35.0 Å². The molecule has 32 heavy (non-hydrogen) atoms. The molecule has 0 saturated heterocycles. The van der Waals surface area contributed by atoms with Crippen molar-refractivity contribution in [3.63, 3.8) is 0 Å². The Hall–Kier alpha value is -4.28. The van der Waals surface area contributed by atoms with Crippen molar-refractivity contribution in [3.8, 4) is 23.0 Å². The number of carboxylic acid groups (broad SMARTS) is 1. The van der Waals surface area contributed by atoms with E-state index in [-0.39, 0.29) is 34.7 Å². The molecule has 0 spiro atoms. The highest BCUT2D eigenvalue weighted by molar-refractivity contribution is 6.02. The van der Waals surface area contributed by atoms with E-state index < -0.39 is 17.8 Å². The van der Waals surface area contributed by atoms with E-state index in [4.69, 9.17) is 18.9 Å². The third kappa shape index (κ3) is 5.65. The van der Waals surface area contributed by atoms with E-state index in [1.807, 2.05) is 0 Å². The molecule has 0 heterocycles. The standard InChI is InChI=1S/C21H23N3O8/c1-29-14-7-5-12(9-16(14)31-3)20(26)22-11-17(25)24-23-10-13-6-8-15(30-2)19(32-4)18(13)21(27)28/h5-10H,11H2,1-4H3,(H,22,26)(H,24,25)(H,27,28)/b23-10-. The number of aromatic carboxylic acids is 1. The number of ether oxygens (including phenoxy) is 4. The van der Waals surface area contributed by atoms with Crippen molar-refractivity contribution in [1.29, 1.82) is 0 Å². The molecular formula is C21H23N3O8. The first kappa shape index (κ1) is 24.0. The monoisotopic (exact) mass is 445 g/mol. The van der Waals surface area contributed by atoms with Crippen LogP contribution in [0, 0.1) is 0 Å². The molecule has 2 aromatic carbocycles. The highest BCUT2D eigenvalue weighted by Crippen LogP contribution is 2.33. The van der Waals surface area contributed by atoms with E-state index >= 15 is 0 Å². The van der Waals surface area contributed by atoms with Gasteiger partial charge in [-0.25, -0.2) is 10.2 Å². The van der Waals surface area contributed by atoms with Gasteiger partial charge >= 0.3 is 5.97 Å². The fraction of sp³-hybridized carbons (Fsp3) is 0.238. The molecule has 2 rings (SSSR count). The molecule has 0 aliphatic heterocycles. The number of hydrogen-bond acceptors (Lipinski definition) is 8. The fourth-order valence-corrected chi connectivity index (χ4v) is 2.72. The zero-order valence-electron chi connectivity index (χ0n) is 17.9. The molecule has 0 aromatic heterocycles. The minimum Gasteiger partial charge on any atom is -0.493 e. The molecule has 0 bridgehead atoms. The molecule has 0 fully saturated rings. The maximum atomic E-state index is 12.2. The zero-order valence-corrected chi connectivity index (χ0v) is 17.9. The average Bonchev–Trinajstić information content (AvgIpc) is 2.81. The van der Waals surface area contributed by atoms with Gasteiger partial charge in [-0.1, -0.05) is 0 Å². The summed E-state index contributed by atoms with van der Waals surface area (Å²) in [4.78, 5) is 35.9. The normalized spacial score (nSPS) is 10.4. The van der Waals surface area contributed by atoms with Gasteiger partial charge in [0.2, 0.25) is 0 Å². The number of rotatable bonds is 10. The van der Waals surface area contributed by atoms with Crippen LogP contribution in [0.15, 0.2) is 35.4 Å². The molecule has 0 unspecified atom stereocenters. The van der Waals surface area contributed by atoms with E-state index in [9.17, 15) is 19.5 Å². The van der Waals surface area contributed by atoms with E-state index in [0.717, 1.165) is 6.21 Å². The Morgan fingerprint density at radius 1 is 0.938 bits per heavy atom. The van der Waals surface area contributed by atoms with Crippen LogP contribution in [-0.2, 0) is 4.79 Å². The molecule has 0 aliphatic rings. The summed E-state index contributed by atoms with van der Waals surface area (Å²) in [6.07, 6.45) is 1.15. The second kappa shape index (κ2) is 11.2. The first-order valence-electron chi connectivity index (χ1n) is 9.16. The molecule has 0 aliphatic carbocycles. The van der Waals surface area contributed by atoms with E-state index in [2.05, 4.69) is 15.8 Å². The van der Waals surface area contributed by atoms with Gasteiger partial charge in [0.05, 0.1) is 41.2 Å². The molecule has 2 aromatic rings. The third-order valence-corrected chi connectivity index (χ3v) is 4.24. The predicted octanol–water partition coefficient (Wildman–Crippen LogP) is 1.30. The van der Waals surface area contributed by atoms with Crippen LogP contribution in [0.4, 0.5) is 0 Å². The van der Waals surface area contributed by atoms with Gasteiger partial charge in [0.15, 0.2) is 23.0 Å². The highest BCUT2D eigenvalue weighted by atomic mass is 16.5. The topological polar surface area (TPSA) is 145 Å². The van der Waals surface area contributed by atoms with Crippen molar-refractivity contribution in [1.82, 2.24) is 10.7 Å². The van der Waals surface area contributed by atoms with Gasteiger partial charge in [0.1, 0.15) is 5.56 Å². The van der Waals surface area contributed by atoms with E-state index in [1.54, 1.807) is 6.07 Å². The summed E-state index contributed by atoms with van der Waals surface area (Å²) in [7, 11) is 5.62. The van der Waals surface area contributed by atoms with Crippen LogP contribution in [0.1, 0.15) is 26.3 Å². The van der Waals surface area contributed by atoms with Crippen molar-refractivity contribution in [3.05, 3.63) is 47.0 Å². The lowest BCUT2D eigenvalue weighted by atomic mass is 10.1. The number of hydrogen-bond donors (Lipinski definition) is 3. The Morgan fingerprint density at radius 3 is 2.19 bits per heavy atom. The number of hydrazone groups is 1. The van der Waals surface area contributed by atoms with Crippen LogP contribution in [0.5, 0.6) is 23.0 Å². The van der Waals surface area contributed by atoms with Crippen molar-refractivity contribution >= 4 is 24.0 Å². The van der Waals surface area contributed by atoms with Gasteiger partial charge in [-0.15, -0.1) is 0 Å². The van der Waals surface area contributed by atoms with Crippen LogP contribution in [-0.4, -0.2) is 64.1 Å². The number of nitrogens with zero attached hydrogens (tertiary/aromatic N) is 1. The van der Waals surface area contributed by atoms with Gasteiger partial charge in [0.25, 0.3) is 11.8 Å². The number of methoxy groups -OCH3 is 4. The lowest BCUT2D eigenvalue weighted by Gasteiger charge is -2.12. The van der Waals surface area contributed by atoms with Crippen molar-refractivity contribution in [2.45, 2.75) is 0 Å². The van der Waals surface area contributed by atoms with Crippen LogP contribution in [0.3, 0.4) is 0 Å². The van der Waals surface area contributed by atoms with Gasteiger partial charge in [-0.05, 0) is 30.3 Å². The van der Waals surface area contributed by atoms with E-state index in [0.29, 0.717) is 11.5 Å². The zero-order chi connectivity index (χ0) is 23.7. The second-order valence-electron chi connectivity index (χ2n) is 6.12. The number of carboxylic acids is 1. The summed E-state index contributed by atoms with van der Waals surface area (Å²) in [6.45, 7) is -0.359. The minimum absolute atomic E-state index is 0.0254. The molecule has 0 saturated carbocycles. The number of carbonyl (C=O) groups excluding carboxylic acids is 2. The maximum absolute atomic E-state index is 12.2. The van der Waals surface area contributed by atoms with Crippen LogP contribution < -0.4 is 29.7 Å². The summed E-state index contributed by atoms with van der Waals surface area (Å²) >= 11 is 0. The Labute approximate surface area is 183 Å². The summed E-state index contributed by atoms with van der Waals surface area (Å²) in [5.74, 6) is -1.27. The fourth-order valence-electron chi connectivity index (χ4n) is 2.72. The molecule has 0 atom stereocenters. The highest BCUT2D eigenvalue weighted by Gasteiger charge is 2.20. The first-order chi connectivity index (χ1) is 15.4. The van der Waals surface area contributed by atoms with Gasteiger partial charge in [0, 0.05) is 11.1 Å². The predicted molar refractivity (Wildman–Crippen MR) is 114 cm³/mol. The van der Waals surface area contributed by atoms with Crippen LogP contribution >= 0.6 is 0 Å². The SMILES string of the molecule is COc1ccc(C(=O)NCC(=O)N/N=C\c2ccc(OC)c(OC)c2C(=O)O)cc1OC. The molecular weight excluding hydrogens is 422 g/mol. The smallest absolute Gasteiger partial charge is 0.340 e. The minimum atomic E-state index is -1.25. The summed E-state index contributed by atoms with van der Waals surface area (Å²) < 4.78 is 20.5.